The van der Waals surface area contributed by atoms with E-state index in [4.69, 9.17) is 66.8 Å². The third-order valence-corrected chi connectivity index (χ3v) is 14.3. The molecule has 16 heteroatoms. The van der Waals surface area contributed by atoms with Gasteiger partial charge in [-0.15, -0.1) is 0 Å². The standard InChI is InChI=1S/C54H78N2O14/c1-49(2,3)33-21-29(25-59-43-41(37-27-61-51(7,8)65-37)63-47-45(43)67-53(11,12)69-47)19-31(39(33)57)23-55-35-17-15-16-18-36(35)56-24-32-20-30(22-34(40(32)58)50(4,5)6)26-60-44-42(38-28-62-52(9,10)66-38)64-48-46(44)68-54(13,14)70-48/h19-24,35-38,41-48,57-58H,15-18,25-28H2,1-14H3/t35-,36-,37-,38-,41-,42-,43+,44+,45-,46-,47-,48-/m1/s1. The highest BCUT2D eigenvalue weighted by Crippen LogP contribution is 2.45. The molecule has 0 aromatic heterocycles. The Morgan fingerprint density at radius 1 is 0.543 bits per heavy atom. The first kappa shape index (κ1) is 51.8. The maximum atomic E-state index is 11.8. The molecular formula is C54H78N2O14. The van der Waals surface area contributed by atoms with Crippen molar-refractivity contribution >= 4 is 12.4 Å². The maximum absolute atomic E-state index is 11.8. The number of phenolic OH excluding ortho intramolecular Hbond substituents is 2. The van der Waals surface area contributed by atoms with E-state index < -0.39 is 72.4 Å². The molecule has 0 bridgehead atoms. The fraction of sp³-hybridized carbons (Fsp3) is 0.741. The molecule has 0 unspecified atom stereocenters. The van der Waals surface area contributed by atoms with E-state index in [-0.39, 0.29) is 59.8 Å². The molecule has 1 saturated carbocycles. The summed E-state index contributed by atoms with van der Waals surface area (Å²) in [6.07, 6.45) is 2.40. The summed E-state index contributed by atoms with van der Waals surface area (Å²) in [6, 6.07) is 7.58. The van der Waals surface area contributed by atoms with Gasteiger partial charge in [-0.1, -0.05) is 54.4 Å². The van der Waals surface area contributed by atoms with E-state index in [0.29, 0.717) is 24.3 Å². The Labute approximate surface area is 414 Å². The van der Waals surface area contributed by atoms with Crippen LogP contribution in [0.3, 0.4) is 0 Å². The van der Waals surface area contributed by atoms with Crippen LogP contribution < -0.4 is 0 Å². The summed E-state index contributed by atoms with van der Waals surface area (Å²) in [5.41, 5.74) is 3.74. The van der Waals surface area contributed by atoms with Crippen LogP contribution in [0.15, 0.2) is 34.3 Å². The Hall–Kier alpha value is -3.10. The van der Waals surface area contributed by atoms with Crippen LogP contribution in [-0.2, 0) is 80.9 Å². The minimum absolute atomic E-state index is 0.149. The predicted octanol–water partition coefficient (Wildman–Crippen LogP) is 8.37. The molecule has 2 aromatic rings. The number of hydrogen-bond donors (Lipinski definition) is 2. The SMILES string of the molecule is CC1(C)O[C@H]2O[C@H]([C@H]3COC(C)(C)O3)[C@H](OCc3cc(C=N[C@@H]4CCCC[C@H]4N=Cc4cc(CO[C@@H]5[C@H]6OC(C)(C)O[C@H]6O[C@@H]5[C@H]5COC(C)(C)O5)cc(C(C)(C)C)c4O)c(O)c(C(C)(C)C)c3)[C@H]2O1. The van der Waals surface area contributed by atoms with E-state index in [1.54, 1.807) is 12.4 Å². The van der Waals surface area contributed by atoms with Crippen molar-refractivity contribution in [1.82, 2.24) is 0 Å². The van der Waals surface area contributed by atoms with E-state index >= 15 is 0 Å². The molecule has 9 rings (SSSR count). The predicted molar refractivity (Wildman–Crippen MR) is 259 cm³/mol. The number of ether oxygens (including phenoxy) is 12. The zero-order chi connectivity index (χ0) is 50.3. The van der Waals surface area contributed by atoms with Gasteiger partial charge in [0.2, 0.25) is 0 Å². The van der Waals surface area contributed by atoms with Crippen LogP contribution in [0.4, 0.5) is 0 Å². The summed E-state index contributed by atoms with van der Waals surface area (Å²) in [4.78, 5) is 10.3. The van der Waals surface area contributed by atoms with Crippen molar-refractivity contribution in [2.24, 2.45) is 9.98 Å². The van der Waals surface area contributed by atoms with Crippen molar-refractivity contribution < 1.29 is 67.1 Å². The summed E-state index contributed by atoms with van der Waals surface area (Å²) < 4.78 is 75.4. The van der Waals surface area contributed by atoms with Gasteiger partial charge in [0.15, 0.2) is 35.7 Å². The number of phenols is 2. The van der Waals surface area contributed by atoms with Crippen LogP contribution in [0.5, 0.6) is 11.5 Å². The first-order chi connectivity index (χ1) is 32.6. The van der Waals surface area contributed by atoms with Crippen molar-refractivity contribution in [2.45, 2.75) is 243 Å². The topological polar surface area (TPSA) is 176 Å². The summed E-state index contributed by atoms with van der Waals surface area (Å²) in [7, 11) is 0. The van der Waals surface area contributed by atoms with Crippen molar-refractivity contribution in [1.29, 1.82) is 0 Å². The lowest BCUT2D eigenvalue weighted by Gasteiger charge is -2.29. The van der Waals surface area contributed by atoms with Gasteiger partial charge in [0, 0.05) is 34.7 Å². The van der Waals surface area contributed by atoms with Gasteiger partial charge < -0.3 is 67.1 Å². The lowest BCUT2D eigenvalue weighted by atomic mass is 9.84. The summed E-state index contributed by atoms with van der Waals surface area (Å²) in [5.74, 6) is -2.79. The lowest BCUT2D eigenvalue weighted by Crippen LogP contribution is -2.44. The Balaban J connectivity index is 0.935. The number of rotatable bonds is 12. The highest BCUT2D eigenvalue weighted by Gasteiger charge is 2.60. The average molecular weight is 979 g/mol. The number of aromatic hydroxyl groups is 2. The molecule has 70 heavy (non-hydrogen) atoms. The third kappa shape index (κ3) is 11.2. The zero-order valence-electron chi connectivity index (χ0n) is 43.7. The second kappa shape index (κ2) is 19.0. The second-order valence-electron chi connectivity index (χ2n) is 24.1. The molecule has 12 atom stereocenters. The normalized spacial score (nSPS) is 35.6. The van der Waals surface area contributed by atoms with Gasteiger partial charge >= 0.3 is 0 Å². The summed E-state index contributed by atoms with van der Waals surface area (Å²) >= 11 is 0. The molecule has 7 aliphatic rings. The Bertz CT molecular complexity index is 2120. The first-order valence-electron chi connectivity index (χ1n) is 25.3. The molecule has 0 radical (unpaired) electrons. The van der Waals surface area contributed by atoms with Gasteiger partial charge in [-0.3, -0.25) is 9.98 Å². The minimum atomic E-state index is -0.829. The van der Waals surface area contributed by atoms with Crippen LogP contribution in [0.1, 0.15) is 156 Å². The van der Waals surface area contributed by atoms with E-state index in [9.17, 15) is 10.2 Å². The van der Waals surface area contributed by atoms with Crippen LogP contribution >= 0.6 is 0 Å². The lowest BCUT2D eigenvalue weighted by molar-refractivity contribution is -0.236. The third-order valence-electron chi connectivity index (χ3n) is 14.3. The molecule has 2 N–H and O–H groups in total. The maximum Gasteiger partial charge on any atom is 0.190 e. The molecule has 2 aromatic carbocycles. The van der Waals surface area contributed by atoms with Crippen LogP contribution in [0, 0.1) is 0 Å². The summed E-state index contributed by atoms with van der Waals surface area (Å²) in [6.45, 7) is 28.6. The molecule has 6 heterocycles. The van der Waals surface area contributed by atoms with Gasteiger partial charge in [-0.25, -0.2) is 0 Å². The van der Waals surface area contributed by atoms with Gasteiger partial charge in [0.05, 0.1) is 38.5 Å². The van der Waals surface area contributed by atoms with Crippen LogP contribution in [0.2, 0.25) is 0 Å². The quantitative estimate of drug-likeness (QED) is 0.194. The number of aliphatic imine (C=N–C) groups is 2. The zero-order valence-corrected chi connectivity index (χ0v) is 43.7. The largest absolute Gasteiger partial charge is 0.507 e. The number of hydrogen-bond acceptors (Lipinski definition) is 16. The van der Waals surface area contributed by atoms with E-state index in [1.807, 2.05) is 79.7 Å². The molecule has 7 fully saturated rings. The Morgan fingerprint density at radius 3 is 1.27 bits per heavy atom. The van der Waals surface area contributed by atoms with E-state index in [0.717, 1.165) is 47.9 Å². The average Bonchev–Trinajstić information content (AvgIpc) is 4.09. The number of benzene rings is 2. The van der Waals surface area contributed by atoms with Gasteiger partial charge in [-0.05, 0) is 114 Å². The van der Waals surface area contributed by atoms with E-state index in [2.05, 4.69) is 41.5 Å². The molecule has 6 saturated heterocycles. The molecule has 6 aliphatic heterocycles. The van der Waals surface area contributed by atoms with Crippen LogP contribution in [0.25, 0.3) is 0 Å². The van der Waals surface area contributed by atoms with E-state index in [1.165, 1.54) is 0 Å². The molecule has 0 spiro atoms. The number of fused-ring (bicyclic) bond motifs is 2. The summed E-state index contributed by atoms with van der Waals surface area (Å²) in [5, 5.41) is 23.6. The fourth-order valence-electron chi connectivity index (χ4n) is 10.9. The molecule has 16 nitrogen and oxygen atoms in total. The van der Waals surface area contributed by atoms with Crippen LogP contribution in [-0.4, -0.2) is 132 Å². The smallest absolute Gasteiger partial charge is 0.190 e. The first-order valence-corrected chi connectivity index (χ1v) is 25.3. The second-order valence-corrected chi connectivity index (χ2v) is 24.1. The highest BCUT2D eigenvalue weighted by atomic mass is 16.9. The van der Waals surface area contributed by atoms with Crippen molar-refractivity contribution in [2.75, 3.05) is 13.2 Å². The number of nitrogens with zero attached hydrogens (tertiary/aromatic N) is 2. The minimum Gasteiger partial charge on any atom is -0.507 e. The fourth-order valence-corrected chi connectivity index (χ4v) is 10.9. The van der Waals surface area contributed by atoms with Crippen molar-refractivity contribution in [3.63, 3.8) is 0 Å². The van der Waals surface area contributed by atoms with Gasteiger partial charge in [-0.2, -0.15) is 0 Å². The van der Waals surface area contributed by atoms with Crippen molar-refractivity contribution in [3.05, 3.63) is 57.6 Å². The highest BCUT2D eigenvalue weighted by molar-refractivity contribution is 5.86. The molecular weight excluding hydrogens is 901 g/mol. The Morgan fingerprint density at radius 2 is 0.929 bits per heavy atom. The molecule has 1 aliphatic carbocycles. The van der Waals surface area contributed by atoms with Crippen molar-refractivity contribution in [3.8, 4) is 11.5 Å². The molecule has 388 valence electrons. The Kier molecular flexibility index (Phi) is 14.0. The van der Waals surface area contributed by atoms with Gasteiger partial charge in [0.25, 0.3) is 0 Å². The molecule has 0 amide bonds. The van der Waals surface area contributed by atoms with Gasteiger partial charge in [0.1, 0.15) is 60.3 Å². The monoisotopic (exact) mass is 979 g/mol.